The molecule has 5 rings (SSSR count). The van der Waals surface area contributed by atoms with Crippen molar-refractivity contribution in [1.29, 1.82) is 0 Å². The van der Waals surface area contributed by atoms with Crippen LogP contribution < -0.4 is 5.56 Å². The van der Waals surface area contributed by atoms with Gasteiger partial charge in [0, 0.05) is 26.7 Å². The van der Waals surface area contributed by atoms with Gasteiger partial charge in [0.25, 0.3) is 5.56 Å². The van der Waals surface area contributed by atoms with Gasteiger partial charge in [0.05, 0.1) is 16.6 Å². The van der Waals surface area contributed by atoms with Crippen LogP contribution in [0.15, 0.2) is 89.7 Å². The second-order valence-electron chi connectivity index (χ2n) is 10.7. The first-order valence-corrected chi connectivity index (χ1v) is 13.7. The van der Waals surface area contributed by atoms with Crippen LogP contribution in [0, 0.1) is 18.8 Å². The van der Waals surface area contributed by atoms with E-state index in [1.54, 1.807) is 41.0 Å². The van der Waals surface area contributed by atoms with Crippen LogP contribution in [0.4, 0.5) is 0 Å². The smallest absolute Gasteiger partial charge is 0.266 e. The van der Waals surface area contributed by atoms with Crippen molar-refractivity contribution in [1.82, 2.24) is 9.55 Å². The van der Waals surface area contributed by atoms with Crippen LogP contribution >= 0.6 is 23.2 Å². The van der Waals surface area contributed by atoms with Crippen molar-refractivity contribution in [2.24, 2.45) is 0 Å². The third-order valence-electron chi connectivity index (χ3n) is 6.74. The van der Waals surface area contributed by atoms with Crippen molar-refractivity contribution >= 4 is 46.3 Å². The number of fused-ring (bicyclic) bond motifs is 1. The summed E-state index contributed by atoms with van der Waals surface area (Å²) in [7, 11) is 0. The zero-order valence-electron chi connectivity index (χ0n) is 22.8. The van der Waals surface area contributed by atoms with Crippen LogP contribution in [0.25, 0.3) is 28.7 Å². The van der Waals surface area contributed by atoms with Crippen LogP contribution in [-0.4, -0.2) is 9.55 Å². The Labute approximate surface area is 244 Å². The number of hydrogen-bond donors (Lipinski definition) is 0. The second kappa shape index (κ2) is 11.2. The first-order valence-electron chi connectivity index (χ1n) is 13.0. The number of benzene rings is 4. The Hall–Kier alpha value is -4.10. The third-order valence-corrected chi connectivity index (χ3v) is 7.40. The van der Waals surface area contributed by atoms with Crippen molar-refractivity contribution < 1.29 is 0 Å². The summed E-state index contributed by atoms with van der Waals surface area (Å²) in [5.41, 5.74) is 5.95. The van der Waals surface area contributed by atoms with E-state index >= 15 is 0 Å². The van der Waals surface area contributed by atoms with E-state index in [2.05, 4.69) is 56.9 Å². The van der Waals surface area contributed by atoms with Gasteiger partial charge in [-0.15, -0.1) is 0 Å². The molecule has 0 spiro atoms. The molecule has 0 N–H and O–H groups in total. The molecule has 0 saturated carbocycles. The maximum Gasteiger partial charge on any atom is 0.266 e. The van der Waals surface area contributed by atoms with Crippen LogP contribution in [0.1, 0.15) is 54.4 Å². The topological polar surface area (TPSA) is 34.9 Å². The molecule has 3 nitrogen and oxygen atoms in total. The Bertz CT molecular complexity index is 1860. The van der Waals surface area contributed by atoms with Crippen LogP contribution in [0.3, 0.4) is 0 Å². The fourth-order valence-corrected chi connectivity index (χ4v) is 5.03. The Morgan fingerprint density at radius 1 is 0.800 bits per heavy atom. The van der Waals surface area contributed by atoms with Crippen molar-refractivity contribution in [3.8, 4) is 17.5 Å². The van der Waals surface area contributed by atoms with Crippen molar-refractivity contribution in [2.75, 3.05) is 0 Å². The standard InChI is InChI=1S/C35H28Cl2N2O/c1-23-22-25(13-12-24-14-17-26(18-15-24)35(2,3)4)16-20-32(23)39-33(21-19-27-29(36)9-7-10-30(27)37)38-31-11-6-5-8-28(31)34(39)40/h5-11,14-22H,1-4H3/b21-19+. The van der Waals surface area contributed by atoms with Gasteiger partial charge in [-0.05, 0) is 90.2 Å². The van der Waals surface area contributed by atoms with Crippen LogP contribution in [0.2, 0.25) is 10.0 Å². The van der Waals surface area contributed by atoms with E-state index in [9.17, 15) is 4.79 Å². The molecule has 0 fully saturated rings. The summed E-state index contributed by atoms with van der Waals surface area (Å²) >= 11 is 12.8. The average Bonchev–Trinajstić information content (AvgIpc) is 2.92. The zero-order chi connectivity index (χ0) is 28.4. The van der Waals surface area contributed by atoms with Gasteiger partial charge >= 0.3 is 0 Å². The number of aromatic nitrogens is 2. The first-order chi connectivity index (χ1) is 19.1. The maximum atomic E-state index is 13.7. The number of nitrogens with zero attached hydrogens (tertiary/aromatic N) is 2. The summed E-state index contributed by atoms with van der Waals surface area (Å²) in [6, 6.07) is 26.9. The fourth-order valence-electron chi connectivity index (χ4n) is 4.50. The van der Waals surface area contributed by atoms with E-state index in [1.807, 2.05) is 43.3 Å². The van der Waals surface area contributed by atoms with E-state index in [0.717, 1.165) is 22.4 Å². The maximum absolute atomic E-state index is 13.7. The molecule has 0 unspecified atom stereocenters. The largest absolute Gasteiger partial charge is 0.268 e. The number of para-hydroxylation sites is 1. The van der Waals surface area contributed by atoms with E-state index < -0.39 is 0 Å². The predicted octanol–water partition coefficient (Wildman–Crippen LogP) is 8.87. The highest BCUT2D eigenvalue weighted by atomic mass is 35.5. The number of hydrogen-bond acceptors (Lipinski definition) is 2. The van der Waals surface area contributed by atoms with E-state index in [-0.39, 0.29) is 11.0 Å². The van der Waals surface area contributed by atoms with Gasteiger partial charge in [0.15, 0.2) is 0 Å². The van der Waals surface area contributed by atoms with Crippen molar-refractivity contribution in [2.45, 2.75) is 33.1 Å². The highest BCUT2D eigenvalue weighted by Crippen LogP contribution is 2.27. The monoisotopic (exact) mass is 562 g/mol. The molecule has 0 radical (unpaired) electrons. The lowest BCUT2D eigenvalue weighted by atomic mass is 9.87. The summed E-state index contributed by atoms with van der Waals surface area (Å²) in [6.45, 7) is 8.56. The molecule has 0 amide bonds. The minimum atomic E-state index is -0.156. The highest BCUT2D eigenvalue weighted by molar-refractivity contribution is 6.37. The third kappa shape index (κ3) is 5.75. The quantitative estimate of drug-likeness (QED) is 0.206. The van der Waals surface area contributed by atoms with E-state index in [1.165, 1.54) is 5.56 Å². The summed E-state index contributed by atoms with van der Waals surface area (Å²) in [5, 5.41) is 1.58. The van der Waals surface area contributed by atoms with Gasteiger partial charge in [-0.3, -0.25) is 9.36 Å². The Balaban J connectivity index is 1.57. The molecule has 5 heteroatoms. The Morgan fingerprint density at radius 2 is 1.45 bits per heavy atom. The van der Waals surface area contributed by atoms with E-state index in [0.29, 0.717) is 32.3 Å². The van der Waals surface area contributed by atoms with Gasteiger partial charge in [-0.2, -0.15) is 0 Å². The molecule has 5 aromatic rings. The van der Waals surface area contributed by atoms with Gasteiger partial charge < -0.3 is 0 Å². The number of rotatable bonds is 3. The summed E-state index contributed by atoms with van der Waals surface area (Å²) < 4.78 is 1.63. The first kappa shape index (κ1) is 27.5. The van der Waals surface area contributed by atoms with Crippen LogP contribution in [-0.2, 0) is 5.41 Å². The second-order valence-corrected chi connectivity index (χ2v) is 11.5. The minimum Gasteiger partial charge on any atom is -0.268 e. The molecule has 0 bridgehead atoms. The number of aryl methyl sites for hydroxylation is 1. The van der Waals surface area contributed by atoms with Gasteiger partial charge in [0.2, 0.25) is 0 Å². The highest BCUT2D eigenvalue weighted by Gasteiger charge is 2.14. The molecule has 1 aromatic heterocycles. The van der Waals surface area contributed by atoms with Crippen LogP contribution in [0.5, 0.6) is 0 Å². The molecule has 0 aliphatic carbocycles. The molecule has 0 atom stereocenters. The molecular weight excluding hydrogens is 535 g/mol. The molecule has 0 aliphatic rings. The fraction of sp³-hybridized carbons (Fsp3) is 0.143. The Morgan fingerprint density at radius 3 is 2.12 bits per heavy atom. The molecule has 1 heterocycles. The Kier molecular flexibility index (Phi) is 7.68. The molecule has 198 valence electrons. The SMILES string of the molecule is Cc1cc(C#Cc2ccc(C(C)(C)C)cc2)ccc1-n1c(/C=C/c2c(Cl)cccc2Cl)nc2ccccc2c1=O. The van der Waals surface area contributed by atoms with Crippen molar-refractivity contribution in [3.63, 3.8) is 0 Å². The van der Waals surface area contributed by atoms with Gasteiger partial charge in [-0.25, -0.2) is 4.98 Å². The number of halogens is 2. The summed E-state index contributed by atoms with van der Waals surface area (Å²) in [4.78, 5) is 18.6. The summed E-state index contributed by atoms with van der Waals surface area (Å²) in [6.07, 6.45) is 3.56. The predicted molar refractivity (Wildman–Crippen MR) is 169 cm³/mol. The lowest BCUT2D eigenvalue weighted by Crippen LogP contribution is -2.23. The lowest BCUT2D eigenvalue weighted by Gasteiger charge is -2.18. The van der Waals surface area contributed by atoms with Gasteiger partial charge in [0.1, 0.15) is 5.82 Å². The molecular formula is C35H28Cl2N2O. The van der Waals surface area contributed by atoms with Gasteiger partial charge in [-0.1, -0.05) is 86.1 Å². The minimum absolute atomic E-state index is 0.0995. The van der Waals surface area contributed by atoms with E-state index in [4.69, 9.17) is 28.2 Å². The zero-order valence-corrected chi connectivity index (χ0v) is 24.3. The summed E-state index contributed by atoms with van der Waals surface area (Å²) in [5.74, 6) is 6.99. The molecule has 4 aromatic carbocycles. The molecule has 0 saturated heterocycles. The molecule has 0 aliphatic heterocycles. The molecule has 40 heavy (non-hydrogen) atoms. The lowest BCUT2D eigenvalue weighted by molar-refractivity contribution is 0.590. The average molecular weight is 564 g/mol. The normalized spacial score (nSPS) is 11.6. The van der Waals surface area contributed by atoms with Crippen molar-refractivity contribution in [3.05, 3.63) is 139 Å².